The maximum atomic E-state index is 11.4. The van der Waals surface area contributed by atoms with Crippen molar-refractivity contribution < 1.29 is 9.53 Å². The molecule has 0 aromatic heterocycles. The normalized spacial score (nSPS) is 29.9. The van der Waals surface area contributed by atoms with Gasteiger partial charge in [-0.3, -0.25) is 4.79 Å². The molecule has 0 aromatic carbocycles. The van der Waals surface area contributed by atoms with Crippen LogP contribution in [0.2, 0.25) is 0 Å². The molecule has 4 heteroatoms. The minimum absolute atomic E-state index is 0.0942. The third-order valence-electron chi connectivity index (χ3n) is 3.79. The van der Waals surface area contributed by atoms with Crippen molar-refractivity contribution in [1.82, 2.24) is 0 Å². The summed E-state index contributed by atoms with van der Waals surface area (Å²) in [5, 5.41) is 0. The second-order valence-corrected chi connectivity index (χ2v) is 6.03. The summed E-state index contributed by atoms with van der Waals surface area (Å²) in [5.41, 5.74) is 5.93. The maximum Gasteiger partial charge on any atom is 0.306 e. The van der Waals surface area contributed by atoms with Crippen LogP contribution in [-0.2, 0) is 9.53 Å². The lowest BCUT2D eigenvalue weighted by Crippen LogP contribution is -2.50. The molecule has 1 heterocycles. The number of thioether (sulfide) groups is 1. The Morgan fingerprint density at radius 2 is 2.20 bits per heavy atom. The summed E-state index contributed by atoms with van der Waals surface area (Å²) in [7, 11) is 1.44. The van der Waals surface area contributed by atoms with E-state index < -0.39 is 0 Å². The number of methoxy groups -OCH3 is 1. The lowest BCUT2D eigenvalue weighted by molar-refractivity contribution is -0.145. The first-order valence-electron chi connectivity index (χ1n) is 5.32. The SMILES string of the molecule is COC(=O)CC1(CN)CSCCC1(C)C. The molecule has 1 saturated heterocycles. The van der Waals surface area contributed by atoms with Crippen molar-refractivity contribution in [3.05, 3.63) is 0 Å². The first-order chi connectivity index (χ1) is 6.97. The Balaban J connectivity index is 2.84. The van der Waals surface area contributed by atoms with Gasteiger partial charge in [0.25, 0.3) is 0 Å². The zero-order valence-electron chi connectivity index (χ0n) is 9.84. The molecule has 3 nitrogen and oxygen atoms in total. The van der Waals surface area contributed by atoms with Crippen molar-refractivity contribution >= 4 is 17.7 Å². The Morgan fingerprint density at radius 3 is 2.67 bits per heavy atom. The molecule has 1 rings (SSSR count). The van der Waals surface area contributed by atoms with Crippen LogP contribution >= 0.6 is 11.8 Å². The van der Waals surface area contributed by atoms with Gasteiger partial charge in [0.15, 0.2) is 0 Å². The van der Waals surface area contributed by atoms with Gasteiger partial charge in [0.05, 0.1) is 13.5 Å². The standard InChI is InChI=1S/C11H21NO2S/c1-10(2)4-5-15-8-11(10,7-12)6-9(13)14-3/h4-8,12H2,1-3H3. The molecule has 15 heavy (non-hydrogen) atoms. The number of nitrogens with two attached hydrogens (primary N) is 1. The summed E-state index contributed by atoms with van der Waals surface area (Å²) < 4.78 is 4.77. The molecule has 1 atom stereocenters. The van der Waals surface area contributed by atoms with Crippen LogP contribution in [0.15, 0.2) is 0 Å². The minimum atomic E-state index is -0.143. The summed E-state index contributed by atoms with van der Waals surface area (Å²) in [6.45, 7) is 4.98. The van der Waals surface area contributed by atoms with Crippen molar-refractivity contribution in [1.29, 1.82) is 0 Å². The summed E-state index contributed by atoms with van der Waals surface area (Å²) in [6, 6.07) is 0. The molecule has 0 radical (unpaired) electrons. The summed E-state index contributed by atoms with van der Waals surface area (Å²) >= 11 is 1.89. The second-order valence-electron chi connectivity index (χ2n) is 4.92. The van der Waals surface area contributed by atoms with E-state index >= 15 is 0 Å². The molecular weight excluding hydrogens is 210 g/mol. The number of rotatable bonds is 3. The Kier molecular flexibility index (Phi) is 4.06. The highest BCUT2D eigenvalue weighted by Gasteiger charge is 2.47. The Hall–Kier alpha value is -0.220. The number of hydrogen-bond donors (Lipinski definition) is 1. The number of ether oxygens (including phenoxy) is 1. The van der Waals surface area contributed by atoms with Crippen LogP contribution in [-0.4, -0.2) is 31.1 Å². The van der Waals surface area contributed by atoms with Crippen LogP contribution in [0.4, 0.5) is 0 Å². The van der Waals surface area contributed by atoms with Gasteiger partial charge in [0, 0.05) is 11.2 Å². The fourth-order valence-electron chi connectivity index (χ4n) is 2.10. The fourth-order valence-corrected chi connectivity index (χ4v) is 3.90. The van der Waals surface area contributed by atoms with E-state index in [1.807, 2.05) is 11.8 Å². The lowest BCUT2D eigenvalue weighted by atomic mass is 9.63. The molecule has 1 aliphatic rings. The molecule has 0 aromatic rings. The van der Waals surface area contributed by atoms with Gasteiger partial charge in [-0.15, -0.1) is 0 Å². The smallest absolute Gasteiger partial charge is 0.306 e. The predicted molar refractivity (Wildman–Crippen MR) is 63.8 cm³/mol. The van der Waals surface area contributed by atoms with Crippen molar-refractivity contribution in [3.63, 3.8) is 0 Å². The highest BCUT2D eigenvalue weighted by molar-refractivity contribution is 7.99. The topological polar surface area (TPSA) is 52.3 Å². The molecule has 88 valence electrons. The van der Waals surface area contributed by atoms with Crippen LogP contribution in [0.5, 0.6) is 0 Å². The van der Waals surface area contributed by atoms with E-state index in [0.29, 0.717) is 13.0 Å². The van der Waals surface area contributed by atoms with Gasteiger partial charge in [-0.05, 0) is 24.1 Å². The van der Waals surface area contributed by atoms with E-state index in [2.05, 4.69) is 13.8 Å². The Labute approximate surface area is 96.1 Å². The third kappa shape index (κ3) is 2.48. The van der Waals surface area contributed by atoms with E-state index in [9.17, 15) is 4.79 Å². The first-order valence-corrected chi connectivity index (χ1v) is 6.47. The van der Waals surface area contributed by atoms with Gasteiger partial charge in [0.1, 0.15) is 0 Å². The third-order valence-corrected chi connectivity index (χ3v) is 5.04. The number of hydrogen-bond acceptors (Lipinski definition) is 4. The van der Waals surface area contributed by atoms with Gasteiger partial charge in [0.2, 0.25) is 0 Å². The summed E-state index contributed by atoms with van der Waals surface area (Å²) in [4.78, 5) is 11.4. The highest BCUT2D eigenvalue weighted by atomic mass is 32.2. The average Bonchev–Trinajstić information content (AvgIpc) is 2.21. The lowest BCUT2D eigenvalue weighted by Gasteiger charge is -2.49. The first kappa shape index (κ1) is 12.8. The van der Waals surface area contributed by atoms with Crippen LogP contribution in [0.3, 0.4) is 0 Å². The Morgan fingerprint density at radius 1 is 1.53 bits per heavy atom. The molecule has 0 amide bonds. The van der Waals surface area contributed by atoms with Crippen molar-refractivity contribution in [3.8, 4) is 0 Å². The van der Waals surface area contributed by atoms with Crippen LogP contribution in [0.25, 0.3) is 0 Å². The molecule has 0 aliphatic carbocycles. The van der Waals surface area contributed by atoms with Crippen LogP contribution in [0, 0.1) is 10.8 Å². The van der Waals surface area contributed by atoms with E-state index in [4.69, 9.17) is 10.5 Å². The van der Waals surface area contributed by atoms with E-state index in [0.717, 1.165) is 17.9 Å². The van der Waals surface area contributed by atoms with E-state index in [1.165, 1.54) is 7.11 Å². The predicted octanol–water partition coefficient (Wildman–Crippen LogP) is 1.66. The van der Waals surface area contributed by atoms with Gasteiger partial charge in [-0.1, -0.05) is 13.8 Å². The highest BCUT2D eigenvalue weighted by Crippen LogP contribution is 2.50. The fraction of sp³-hybridized carbons (Fsp3) is 0.909. The molecule has 0 saturated carbocycles. The van der Waals surface area contributed by atoms with Crippen molar-refractivity contribution in [2.45, 2.75) is 26.7 Å². The van der Waals surface area contributed by atoms with Gasteiger partial charge < -0.3 is 10.5 Å². The average molecular weight is 231 g/mol. The van der Waals surface area contributed by atoms with E-state index in [1.54, 1.807) is 0 Å². The zero-order chi connectivity index (χ0) is 11.5. The van der Waals surface area contributed by atoms with Gasteiger partial charge >= 0.3 is 5.97 Å². The summed E-state index contributed by atoms with van der Waals surface area (Å²) in [6.07, 6.45) is 1.56. The Bertz CT molecular complexity index is 243. The number of carbonyl (C=O) groups is 1. The van der Waals surface area contributed by atoms with Crippen molar-refractivity contribution in [2.75, 3.05) is 25.2 Å². The van der Waals surface area contributed by atoms with Crippen molar-refractivity contribution in [2.24, 2.45) is 16.6 Å². The number of carbonyl (C=O) groups excluding carboxylic acids is 1. The largest absolute Gasteiger partial charge is 0.469 e. The molecule has 1 aliphatic heterocycles. The van der Waals surface area contributed by atoms with Gasteiger partial charge in [-0.25, -0.2) is 0 Å². The van der Waals surface area contributed by atoms with Gasteiger partial charge in [-0.2, -0.15) is 11.8 Å². The monoisotopic (exact) mass is 231 g/mol. The summed E-state index contributed by atoms with van der Waals surface area (Å²) in [5.74, 6) is 1.98. The molecular formula is C11H21NO2S. The second kappa shape index (κ2) is 4.74. The zero-order valence-corrected chi connectivity index (χ0v) is 10.7. The molecule has 0 spiro atoms. The quantitative estimate of drug-likeness (QED) is 0.751. The van der Waals surface area contributed by atoms with E-state index in [-0.39, 0.29) is 16.8 Å². The number of esters is 1. The molecule has 2 N–H and O–H groups in total. The van der Waals surface area contributed by atoms with Crippen LogP contribution < -0.4 is 5.73 Å². The molecule has 1 unspecified atom stereocenters. The minimum Gasteiger partial charge on any atom is -0.469 e. The molecule has 1 fully saturated rings. The molecule has 0 bridgehead atoms. The maximum absolute atomic E-state index is 11.4. The van der Waals surface area contributed by atoms with Crippen LogP contribution in [0.1, 0.15) is 26.7 Å².